The number of nitrogens with zero attached hydrogens (tertiary/aromatic N) is 2. The van der Waals surface area contributed by atoms with Crippen molar-refractivity contribution < 1.29 is 18.0 Å². The first-order chi connectivity index (χ1) is 9.50. The van der Waals surface area contributed by atoms with Crippen LogP contribution in [0, 0.1) is 5.82 Å². The average molecular weight is 294 g/mol. The van der Waals surface area contributed by atoms with Gasteiger partial charge in [0.15, 0.2) is 5.58 Å². The highest BCUT2D eigenvalue weighted by Gasteiger charge is 2.33. The predicted molar refractivity (Wildman–Crippen MR) is 73.4 cm³/mol. The van der Waals surface area contributed by atoms with Gasteiger partial charge in [0.05, 0.1) is 5.39 Å². The molecule has 0 amide bonds. The minimum Gasteiger partial charge on any atom is -0.389 e. The molecule has 1 aromatic heterocycles. The van der Waals surface area contributed by atoms with E-state index >= 15 is 0 Å². The second-order valence-electron chi connectivity index (χ2n) is 5.15. The summed E-state index contributed by atoms with van der Waals surface area (Å²) in [5.74, 6) is -0.417. The monoisotopic (exact) mass is 294 g/mol. The molecule has 104 valence electrons. The molecule has 1 aromatic carbocycles. The molecule has 5 nitrogen and oxygen atoms in total. The lowest BCUT2D eigenvalue weighted by atomic mass is 9.99. The van der Waals surface area contributed by atoms with Crippen LogP contribution < -0.4 is 0 Å². The SMILES string of the molecule is CC1(C)CC(C(=S=O)c2noc3cc(F)ccc23)=NO1. The number of hydrogen-bond donors (Lipinski definition) is 0. The number of oxime groups is 1. The Morgan fingerprint density at radius 2 is 2.25 bits per heavy atom. The van der Waals surface area contributed by atoms with Gasteiger partial charge in [-0.2, -0.15) is 0 Å². The fraction of sp³-hybridized carbons (Fsp3) is 0.308. The maximum Gasteiger partial charge on any atom is 0.170 e. The Morgan fingerprint density at radius 3 is 2.90 bits per heavy atom. The largest absolute Gasteiger partial charge is 0.389 e. The van der Waals surface area contributed by atoms with Gasteiger partial charge >= 0.3 is 0 Å². The van der Waals surface area contributed by atoms with Gasteiger partial charge in [-0.1, -0.05) is 10.3 Å². The van der Waals surface area contributed by atoms with Gasteiger partial charge in [-0.25, -0.2) is 8.60 Å². The summed E-state index contributed by atoms with van der Waals surface area (Å²) in [5.41, 5.74) is 0.766. The van der Waals surface area contributed by atoms with Gasteiger partial charge in [0.2, 0.25) is 0 Å². The fourth-order valence-electron chi connectivity index (χ4n) is 2.07. The van der Waals surface area contributed by atoms with Gasteiger partial charge < -0.3 is 9.36 Å². The third kappa shape index (κ3) is 2.14. The van der Waals surface area contributed by atoms with Crippen LogP contribution in [0.4, 0.5) is 4.39 Å². The van der Waals surface area contributed by atoms with Crippen LogP contribution in [-0.4, -0.2) is 25.5 Å². The van der Waals surface area contributed by atoms with Crippen molar-refractivity contribution in [3.05, 3.63) is 29.7 Å². The Morgan fingerprint density at radius 1 is 1.45 bits per heavy atom. The molecular formula is C13H11FN2O3S. The summed E-state index contributed by atoms with van der Waals surface area (Å²) in [6, 6.07) is 4.07. The van der Waals surface area contributed by atoms with Gasteiger partial charge in [-0.15, -0.1) is 0 Å². The van der Waals surface area contributed by atoms with E-state index in [-0.39, 0.29) is 11.3 Å². The molecule has 1 aliphatic rings. The van der Waals surface area contributed by atoms with Crippen LogP contribution in [0.3, 0.4) is 0 Å². The van der Waals surface area contributed by atoms with Crippen LogP contribution >= 0.6 is 0 Å². The van der Waals surface area contributed by atoms with Crippen molar-refractivity contribution in [2.24, 2.45) is 5.16 Å². The Labute approximate surface area is 117 Å². The van der Waals surface area contributed by atoms with Gasteiger partial charge in [0.25, 0.3) is 0 Å². The number of aromatic nitrogens is 1. The number of rotatable bonds is 2. The number of hydrogen-bond acceptors (Lipinski definition) is 5. The topological polar surface area (TPSA) is 64.7 Å². The van der Waals surface area contributed by atoms with Crippen molar-refractivity contribution >= 4 is 32.8 Å². The quantitative estimate of drug-likeness (QED) is 0.629. The van der Waals surface area contributed by atoms with Crippen LogP contribution in [0.1, 0.15) is 26.0 Å². The minimum atomic E-state index is -0.442. The van der Waals surface area contributed by atoms with Crippen molar-refractivity contribution in [2.75, 3.05) is 0 Å². The van der Waals surface area contributed by atoms with E-state index < -0.39 is 11.4 Å². The van der Waals surface area contributed by atoms with E-state index in [9.17, 15) is 8.60 Å². The Balaban J connectivity index is 2.08. The van der Waals surface area contributed by atoms with Gasteiger partial charge in [0, 0.05) is 12.5 Å². The highest BCUT2D eigenvalue weighted by molar-refractivity contribution is 7.69. The third-order valence-electron chi connectivity index (χ3n) is 2.99. The zero-order chi connectivity index (χ0) is 14.3. The van der Waals surface area contributed by atoms with Crippen LogP contribution in [0.5, 0.6) is 0 Å². The molecule has 0 spiro atoms. The summed E-state index contributed by atoms with van der Waals surface area (Å²) in [6.45, 7) is 3.76. The summed E-state index contributed by atoms with van der Waals surface area (Å²) in [5, 5.41) is 8.39. The smallest absolute Gasteiger partial charge is 0.170 e. The molecule has 0 saturated heterocycles. The molecule has 0 radical (unpaired) electrons. The molecule has 1 aliphatic heterocycles. The van der Waals surface area contributed by atoms with Crippen molar-refractivity contribution in [1.29, 1.82) is 0 Å². The summed E-state index contributed by atoms with van der Waals surface area (Å²) >= 11 is 0.284. The standard InChI is InChI=1S/C13H11FN2O3S/c1-13(2)6-9(15-19-13)12(20-17)11-8-4-3-7(14)5-10(8)18-16-11/h3-5H,6H2,1-2H3. The van der Waals surface area contributed by atoms with E-state index in [4.69, 9.17) is 9.36 Å². The summed E-state index contributed by atoms with van der Waals surface area (Å²) < 4.78 is 29.6. The van der Waals surface area contributed by atoms with E-state index in [0.29, 0.717) is 33.7 Å². The van der Waals surface area contributed by atoms with E-state index in [0.717, 1.165) is 0 Å². The van der Waals surface area contributed by atoms with E-state index in [2.05, 4.69) is 10.3 Å². The molecule has 3 rings (SSSR count). The Kier molecular flexibility index (Phi) is 2.93. The second kappa shape index (κ2) is 4.52. The highest BCUT2D eigenvalue weighted by Crippen LogP contribution is 2.26. The van der Waals surface area contributed by atoms with Crippen LogP contribution in [0.25, 0.3) is 11.0 Å². The van der Waals surface area contributed by atoms with E-state index in [1.807, 2.05) is 13.8 Å². The summed E-state index contributed by atoms with van der Waals surface area (Å²) in [6.07, 6.45) is 0.507. The summed E-state index contributed by atoms with van der Waals surface area (Å²) in [7, 11) is 0. The van der Waals surface area contributed by atoms with Crippen LogP contribution in [0.2, 0.25) is 0 Å². The van der Waals surface area contributed by atoms with Crippen molar-refractivity contribution in [3.63, 3.8) is 0 Å². The van der Waals surface area contributed by atoms with E-state index in [1.165, 1.54) is 18.2 Å². The zero-order valence-electron chi connectivity index (χ0n) is 10.8. The van der Waals surface area contributed by atoms with Gasteiger partial charge in [0.1, 0.15) is 38.9 Å². The van der Waals surface area contributed by atoms with Crippen LogP contribution in [-0.2, 0) is 16.1 Å². The molecular weight excluding hydrogens is 283 g/mol. The molecule has 0 atom stereocenters. The third-order valence-corrected chi connectivity index (χ3v) is 3.59. The maximum atomic E-state index is 13.1. The van der Waals surface area contributed by atoms with Crippen molar-refractivity contribution in [2.45, 2.75) is 25.9 Å². The second-order valence-corrected chi connectivity index (χ2v) is 5.72. The molecule has 0 saturated carbocycles. The normalized spacial score (nSPS) is 16.9. The minimum absolute atomic E-state index is 0.284. The van der Waals surface area contributed by atoms with Crippen LogP contribution in [0.15, 0.2) is 27.9 Å². The first-order valence-corrected chi connectivity index (χ1v) is 6.72. The van der Waals surface area contributed by atoms with Gasteiger partial charge in [-0.3, -0.25) is 0 Å². The number of benzene rings is 1. The first-order valence-electron chi connectivity index (χ1n) is 5.98. The molecule has 2 aromatic rings. The molecule has 0 fully saturated rings. The molecule has 20 heavy (non-hydrogen) atoms. The molecule has 0 bridgehead atoms. The predicted octanol–water partition coefficient (Wildman–Crippen LogP) is 2.26. The lowest BCUT2D eigenvalue weighted by molar-refractivity contribution is 0.0123. The molecule has 0 unspecified atom stereocenters. The van der Waals surface area contributed by atoms with Crippen molar-refractivity contribution in [3.8, 4) is 0 Å². The lowest BCUT2D eigenvalue weighted by Crippen LogP contribution is -2.23. The van der Waals surface area contributed by atoms with E-state index in [1.54, 1.807) is 0 Å². The molecule has 7 heteroatoms. The molecule has 0 aliphatic carbocycles. The molecule has 0 N–H and O–H groups in total. The van der Waals surface area contributed by atoms with Crippen molar-refractivity contribution in [1.82, 2.24) is 5.16 Å². The highest BCUT2D eigenvalue weighted by atomic mass is 32.1. The average Bonchev–Trinajstić information content (AvgIpc) is 2.95. The Hall–Kier alpha value is -2.02. The first kappa shape index (κ1) is 13.0. The summed E-state index contributed by atoms with van der Waals surface area (Å²) in [4.78, 5) is 5.61. The number of halogens is 1. The van der Waals surface area contributed by atoms with Gasteiger partial charge in [-0.05, 0) is 26.0 Å². The molecule has 2 heterocycles. The maximum absolute atomic E-state index is 13.1. The lowest BCUT2D eigenvalue weighted by Gasteiger charge is -2.13. The zero-order valence-corrected chi connectivity index (χ0v) is 11.7. The fourth-order valence-corrected chi connectivity index (χ4v) is 2.50. The Bertz CT molecular complexity index is 775. The number of fused-ring (bicyclic) bond motifs is 1.